The van der Waals surface area contributed by atoms with E-state index in [2.05, 4.69) is 10.4 Å². The molecule has 0 fully saturated rings. The molecule has 2 N–H and O–H groups in total. The maximum atomic E-state index is 10.8. The lowest BCUT2D eigenvalue weighted by Crippen LogP contribution is -2.28. The Labute approximate surface area is 82.7 Å². The highest BCUT2D eigenvalue weighted by molar-refractivity contribution is 5.77. The van der Waals surface area contributed by atoms with E-state index in [9.17, 15) is 4.79 Å². The Morgan fingerprint density at radius 1 is 1.79 bits per heavy atom. The van der Waals surface area contributed by atoms with Crippen molar-refractivity contribution in [1.82, 2.24) is 9.78 Å². The van der Waals surface area contributed by atoms with Crippen molar-refractivity contribution in [2.45, 2.75) is 25.8 Å². The Morgan fingerprint density at radius 3 is 2.93 bits per heavy atom. The molecule has 1 aromatic rings. The minimum Gasteiger partial charge on any atom is -0.480 e. The fourth-order valence-electron chi connectivity index (χ4n) is 1.24. The molecule has 0 aliphatic carbocycles. The fourth-order valence-corrected chi connectivity index (χ4v) is 1.24. The van der Waals surface area contributed by atoms with Crippen LogP contribution >= 0.6 is 0 Å². The van der Waals surface area contributed by atoms with Gasteiger partial charge in [0, 0.05) is 13.2 Å². The molecule has 5 heteroatoms. The molecular weight excluding hydrogens is 182 g/mol. The number of hydrogen-bond acceptors (Lipinski definition) is 3. The molecule has 1 unspecified atom stereocenters. The van der Waals surface area contributed by atoms with Crippen molar-refractivity contribution in [2.24, 2.45) is 7.05 Å². The molecule has 14 heavy (non-hydrogen) atoms. The Morgan fingerprint density at radius 2 is 2.50 bits per heavy atom. The summed E-state index contributed by atoms with van der Waals surface area (Å²) >= 11 is 0. The number of carboxylic acids is 1. The van der Waals surface area contributed by atoms with Crippen molar-refractivity contribution in [3.05, 3.63) is 12.4 Å². The Kier molecular flexibility index (Phi) is 3.50. The molecule has 1 rings (SSSR count). The van der Waals surface area contributed by atoms with Gasteiger partial charge in [0.1, 0.15) is 6.04 Å². The van der Waals surface area contributed by atoms with E-state index < -0.39 is 12.0 Å². The molecule has 0 bridgehead atoms. The van der Waals surface area contributed by atoms with Gasteiger partial charge in [0.25, 0.3) is 0 Å². The highest BCUT2D eigenvalue weighted by Crippen LogP contribution is 2.09. The number of aryl methyl sites for hydroxylation is 1. The summed E-state index contributed by atoms with van der Waals surface area (Å²) in [6.45, 7) is 1.96. The number of nitrogens with zero attached hydrogens (tertiary/aromatic N) is 2. The van der Waals surface area contributed by atoms with Crippen LogP contribution in [-0.4, -0.2) is 26.9 Å². The zero-order valence-electron chi connectivity index (χ0n) is 8.40. The highest BCUT2D eigenvalue weighted by atomic mass is 16.4. The zero-order chi connectivity index (χ0) is 10.6. The maximum Gasteiger partial charge on any atom is 0.326 e. The first-order chi connectivity index (χ1) is 6.63. The van der Waals surface area contributed by atoms with Gasteiger partial charge < -0.3 is 10.4 Å². The van der Waals surface area contributed by atoms with Crippen LogP contribution in [0.2, 0.25) is 0 Å². The molecule has 5 nitrogen and oxygen atoms in total. The predicted octanol–water partition coefficient (Wildman–Crippen LogP) is 1.09. The molecule has 0 saturated heterocycles. The van der Waals surface area contributed by atoms with Gasteiger partial charge in [0.2, 0.25) is 0 Å². The van der Waals surface area contributed by atoms with Crippen LogP contribution in [0, 0.1) is 0 Å². The number of hydrogen-bond donors (Lipinski definition) is 2. The lowest BCUT2D eigenvalue weighted by atomic mass is 10.1. The number of carboxylic acid groups (broad SMARTS) is 1. The number of aliphatic carboxylic acids is 1. The third-order valence-corrected chi connectivity index (χ3v) is 1.92. The van der Waals surface area contributed by atoms with Gasteiger partial charge in [0.05, 0.1) is 11.9 Å². The number of nitrogens with one attached hydrogen (secondary N) is 1. The number of carbonyl (C=O) groups is 1. The second kappa shape index (κ2) is 4.64. The summed E-state index contributed by atoms with van der Waals surface area (Å²) < 4.78 is 1.63. The van der Waals surface area contributed by atoms with E-state index in [1.807, 2.05) is 6.92 Å². The Bertz CT molecular complexity index is 309. The molecule has 1 heterocycles. The van der Waals surface area contributed by atoms with Gasteiger partial charge in [-0.05, 0) is 6.42 Å². The maximum absolute atomic E-state index is 10.8. The second-order valence-electron chi connectivity index (χ2n) is 3.23. The average Bonchev–Trinajstić information content (AvgIpc) is 2.50. The molecule has 1 atom stereocenters. The first-order valence-electron chi connectivity index (χ1n) is 4.61. The molecule has 0 amide bonds. The van der Waals surface area contributed by atoms with Crippen LogP contribution in [0.25, 0.3) is 0 Å². The first kappa shape index (κ1) is 10.6. The molecule has 1 aromatic heterocycles. The summed E-state index contributed by atoms with van der Waals surface area (Å²) in [5.41, 5.74) is 0.744. The van der Waals surface area contributed by atoms with Crippen molar-refractivity contribution in [3.8, 4) is 0 Å². The topological polar surface area (TPSA) is 67.2 Å². The Hall–Kier alpha value is -1.52. The summed E-state index contributed by atoms with van der Waals surface area (Å²) in [6, 6.07) is -0.524. The number of aromatic nitrogens is 2. The lowest BCUT2D eigenvalue weighted by molar-refractivity contribution is -0.138. The standard InChI is InChI=1S/C9H15N3O2/c1-3-4-8(9(13)14)11-7-5-10-12(2)6-7/h5-6,8,11H,3-4H2,1-2H3,(H,13,14). The number of anilines is 1. The SMILES string of the molecule is CCCC(Nc1cnn(C)c1)C(=O)O. The van der Waals surface area contributed by atoms with Crippen molar-refractivity contribution in [3.63, 3.8) is 0 Å². The van der Waals surface area contributed by atoms with E-state index in [0.29, 0.717) is 6.42 Å². The van der Waals surface area contributed by atoms with E-state index >= 15 is 0 Å². The lowest BCUT2D eigenvalue weighted by Gasteiger charge is -2.12. The van der Waals surface area contributed by atoms with Crippen LogP contribution < -0.4 is 5.32 Å². The second-order valence-corrected chi connectivity index (χ2v) is 3.23. The van der Waals surface area contributed by atoms with E-state index in [4.69, 9.17) is 5.11 Å². The van der Waals surface area contributed by atoms with Crippen LogP contribution in [0.15, 0.2) is 12.4 Å². The van der Waals surface area contributed by atoms with E-state index in [0.717, 1.165) is 12.1 Å². The van der Waals surface area contributed by atoms with Crippen LogP contribution in [0.4, 0.5) is 5.69 Å². The molecule has 0 aliphatic rings. The van der Waals surface area contributed by atoms with E-state index in [1.54, 1.807) is 24.1 Å². The molecule has 0 saturated carbocycles. The van der Waals surface area contributed by atoms with Gasteiger partial charge >= 0.3 is 5.97 Å². The molecule has 0 spiro atoms. The number of rotatable bonds is 5. The van der Waals surface area contributed by atoms with Crippen LogP contribution in [0.1, 0.15) is 19.8 Å². The van der Waals surface area contributed by atoms with Gasteiger partial charge in [-0.1, -0.05) is 13.3 Å². The summed E-state index contributed by atoms with van der Waals surface area (Å²) in [5.74, 6) is -0.823. The fraction of sp³-hybridized carbons (Fsp3) is 0.556. The predicted molar refractivity (Wildman–Crippen MR) is 53.2 cm³/mol. The molecule has 78 valence electrons. The van der Waals surface area contributed by atoms with Gasteiger partial charge in [-0.2, -0.15) is 5.10 Å². The monoisotopic (exact) mass is 197 g/mol. The van der Waals surface area contributed by atoms with Gasteiger partial charge in [0.15, 0.2) is 0 Å². The normalized spacial score (nSPS) is 12.4. The molecule has 0 radical (unpaired) electrons. The summed E-state index contributed by atoms with van der Waals surface area (Å²) in [4.78, 5) is 10.8. The minimum absolute atomic E-state index is 0.524. The smallest absolute Gasteiger partial charge is 0.326 e. The average molecular weight is 197 g/mol. The Balaban J connectivity index is 2.59. The molecule has 0 aromatic carbocycles. The largest absolute Gasteiger partial charge is 0.480 e. The van der Waals surface area contributed by atoms with Crippen molar-refractivity contribution in [1.29, 1.82) is 0 Å². The van der Waals surface area contributed by atoms with Gasteiger partial charge in [-0.15, -0.1) is 0 Å². The summed E-state index contributed by atoms with van der Waals surface area (Å²) in [6.07, 6.45) is 4.83. The quantitative estimate of drug-likeness (QED) is 0.741. The van der Waals surface area contributed by atoms with Crippen LogP contribution in [-0.2, 0) is 11.8 Å². The van der Waals surface area contributed by atoms with Crippen LogP contribution in [0.3, 0.4) is 0 Å². The molecular formula is C9H15N3O2. The van der Waals surface area contributed by atoms with Crippen LogP contribution in [0.5, 0.6) is 0 Å². The first-order valence-corrected chi connectivity index (χ1v) is 4.61. The molecule has 0 aliphatic heterocycles. The highest BCUT2D eigenvalue weighted by Gasteiger charge is 2.15. The third-order valence-electron chi connectivity index (χ3n) is 1.92. The van der Waals surface area contributed by atoms with Crippen molar-refractivity contribution in [2.75, 3.05) is 5.32 Å². The van der Waals surface area contributed by atoms with Crippen molar-refractivity contribution < 1.29 is 9.90 Å². The summed E-state index contributed by atoms with van der Waals surface area (Å²) in [5, 5.41) is 15.8. The minimum atomic E-state index is -0.823. The van der Waals surface area contributed by atoms with Crippen molar-refractivity contribution >= 4 is 11.7 Å². The summed E-state index contributed by atoms with van der Waals surface area (Å²) in [7, 11) is 1.79. The zero-order valence-corrected chi connectivity index (χ0v) is 8.40. The van der Waals surface area contributed by atoms with Gasteiger partial charge in [-0.25, -0.2) is 4.79 Å². The van der Waals surface area contributed by atoms with E-state index in [-0.39, 0.29) is 0 Å². The van der Waals surface area contributed by atoms with Gasteiger partial charge in [-0.3, -0.25) is 4.68 Å². The third kappa shape index (κ3) is 2.76. The van der Waals surface area contributed by atoms with E-state index in [1.165, 1.54) is 0 Å².